The second-order valence-corrected chi connectivity index (χ2v) is 15.8. The first-order chi connectivity index (χ1) is 30.3. The molecule has 1 N–H and O–H groups in total. The number of allylic oxidation sites excluding steroid dienone is 1. The van der Waals surface area contributed by atoms with E-state index in [1.807, 2.05) is 20.8 Å². The van der Waals surface area contributed by atoms with Gasteiger partial charge in [-0.05, 0) is 74.9 Å². The van der Waals surface area contributed by atoms with E-state index in [2.05, 4.69) is 18.5 Å². The van der Waals surface area contributed by atoms with Gasteiger partial charge in [0.1, 0.15) is 11.5 Å². The van der Waals surface area contributed by atoms with Gasteiger partial charge in [0.25, 0.3) is 11.4 Å². The monoisotopic (exact) mass is 899 g/mol. The van der Waals surface area contributed by atoms with Crippen LogP contribution < -0.4 is 14.8 Å². The van der Waals surface area contributed by atoms with Crippen molar-refractivity contribution >= 4 is 34.9 Å². The van der Waals surface area contributed by atoms with Crippen molar-refractivity contribution in [1.29, 1.82) is 0 Å². The molecule has 2 fully saturated rings. The van der Waals surface area contributed by atoms with Crippen LogP contribution in [0.3, 0.4) is 0 Å². The molecule has 2 saturated heterocycles. The Morgan fingerprint density at radius 3 is 1.69 bits per heavy atom. The summed E-state index contributed by atoms with van der Waals surface area (Å²) >= 11 is 0. The van der Waals surface area contributed by atoms with Crippen LogP contribution in [-0.2, 0) is 38.1 Å². The molecule has 19 nitrogen and oxygen atoms in total. The molecule has 0 radical (unpaired) electrons. The molecule has 0 aliphatic carbocycles. The molecule has 0 spiro atoms. The molecule has 2 aliphatic rings. The van der Waals surface area contributed by atoms with Gasteiger partial charge in [0.2, 0.25) is 17.7 Å². The van der Waals surface area contributed by atoms with E-state index in [0.717, 1.165) is 0 Å². The number of hydrogen-bond acceptors (Lipinski definition) is 14. The maximum Gasteiger partial charge on any atom is 0.277 e. The Morgan fingerprint density at radius 2 is 1.31 bits per heavy atom. The summed E-state index contributed by atoms with van der Waals surface area (Å²) in [5, 5.41) is 25.4. The third-order valence-electron chi connectivity index (χ3n) is 10.1. The largest absolute Gasteiger partial charge is 0.494 e. The predicted octanol–water partition coefficient (Wildman–Crippen LogP) is 6.65. The van der Waals surface area contributed by atoms with Crippen LogP contribution in [-0.4, -0.2) is 118 Å². The second-order valence-electron chi connectivity index (χ2n) is 15.8. The summed E-state index contributed by atoms with van der Waals surface area (Å²) in [6.45, 7) is 17.0. The molecule has 0 bridgehead atoms. The summed E-state index contributed by atoms with van der Waals surface area (Å²) in [5.41, 5.74) is 0.465. The number of carbonyl (C=O) groups excluding carboxylic acids is 4. The van der Waals surface area contributed by atoms with E-state index in [0.29, 0.717) is 113 Å². The van der Waals surface area contributed by atoms with Crippen LogP contribution in [0, 0.1) is 31.6 Å². The van der Waals surface area contributed by atoms with Crippen LogP contribution in [0.25, 0.3) is 0 Å². The fraction of sp³-hybridized carbons (Fsp3) is 0.556. The average Bonchev–Trinajstić information content (AvgIpc) is 4.02. The lowest BCUT2D eigenvalue weighted by atomic mass is 9.78. The quantitative estimate of drug-likeness (QED) is 0.0565. The number of nitrogens with one attached hydrogen (secondary N) is 1. The molecule has 2 aromatic rings. The van der Waals surface area contributed by atoms with Gasteiger partial charge in [-0.3, -0.25) is 39.4 Å². The number of hydrogen-bond donors (Lipinski definition) is 1. The van der Waals surface area contributed by atoms with Crippen molar-refractivity contribution in [3.8, 4) is 11.5 Å². The van der Waals surface area contributed by atoms with Crippen LogP contribution in [0.2, 0.25) is 0 Å². The number of ether oxygens (including phenoxy) is 6. The lowest BCUT2D eigenvalue weighted by Crippen LogP contribution is -2.42. The maximum absolute atomic E-state index is 12.8. The fourth-order valence-corrected chi connectivity index (χ4v) is 6.28. The van der Waals surface area contributed by atoms with Gasteiger partial charge in [-0.15, -0.1) is 0 Å². The zero-order valence-electron chi connectivity index (χ0n) is 38.4. The van der Waals surface area contributed by atoms with E-state index >= 15 is 0 Å². The fourth-order valence-electron chi connectivity index (χ4n) is 6.28. The number of nitro benzene ring substituents is 2. The van der Waals surface area contributed by atoms with Crippen LogP contribution >= 0.6 is 0 Å². The molecule has 0 aromatic heterocycles. The Bertz CT molecular complexity index is 1910. The Labute approximate surface area is 375 Å². The zero-order chi connectivity index (χ0) is 48.0. The Kier molecular flexibility index (Phi) is 23.3. The molecular formula is C45H65N5O14. The summed E-state index contributed by atoms with van der Waals surface area (Å²) in [4.78, 5) is 71.2. The third-order valence-corrected chi connectivity index (χ3v) is 10.1. The highest BCUT2D eigenvalue weighted by Gasteiger charge is 2.35. The van der Waals surface area contributed by atoms with Crippen molar-refractivity contribution in [2.75, 3.05) is 74.4 Å². The van der Waals surface area contributed by atoms with Crippen molar-refractivity contribution in [3.05, 3.63) is 92.6 Å². The summed E-state index contributed by atoms with van der Waals surface area (Å²) in [7, 11) is 6.79. The van der Waals surface area contributed by atoms with E-state index < -0.39 is 27.8 Å². The van der Waals surface area contributed by atoms with Gasteiger partial charge >= 0.3 is 0 Å². The highest BCUT2D eigenvalue weighted by atomic mass is 16.7. The van der Waals surface area contributed by atoms with Gasteiger partial charge in [0, 0.05) is 64.6 Å². The van der Waals surface area contributed by atoms with E-state index in [1.54, 1.807) is 58.2 Å². The number of Topliss-reactive ketones (excluding diaryl/α,β-unsaturated/α-hetero) is 1. The molecule has 64 heavy (non-hydrogen) atoms. The van der Waals surface area contributed by atoms with Gasteiger partial charge in [-0.2, -0.15) is 0 Å². The molecular weight excluding hydrogens is 835 g/mol. The molecule has 3 amide bonds. The summed E-state index contributed by atoms with van der Waals surface area (Å²) < 4.78 is 32.8. The summed E-state index contributed by atoms with van der Waals surface area (Å²) in [5.74, 6) is 0.658. The van der Waals surface area contributed by atoms with Crippen molar-refractivity contribution in [2.24, 2.45) is 11.3 Å². The molecule has 2 aromatic carbocycles. The van der Waals surface area contributed by atoms with Crippen LogP contribution in [0.5, 0.6) is 11.5 Å². The van der Waals surface area contributed by atoms with Crippen molar-refractivity contribution in [3.63, 3.8) is 0 Å². The number of likely N-dealkylation sites (N-methyl/N-ethyl adjacent to an activating group) is 1. The third kappa shape index (κ3) is 17.8. The van der Waals surface area contributed by atoms with Crippen LogP contribution in [0.15, 0.2) is 61.2 Å². The summed E-state index contributed by atoms with van der Waals surface area (Å²) in [6, 6.07) is 8.99. The first-order valence-corrected chi connectivity index (χ1v) is 21.1. The first-order valence-electron chi connectivity index (χ1n) is 21.1. The van der Waals surface area contributed by atoms with Gasteiger partial charge < -0.3 is 43.5 Å². The van der Waals surface area contributed by atoms with Crippen LogP contribution in [0.1, 0.15) is 89.9 Å². The maximum atomic E-state index is 12.8. The number of ketones is 1. The molecule has 2 atom stereocenters. The Hall–Kier alpha value is -5.76. The van der Waals surface area contributed by atoms with E-state index in [9.17, 15) is 39.4 Å². The standard InChI is InChI=1S/C23H35N3O7.C17H21NO6.C5H9NO/c1-6-23(3,15-16(2)20(27)25(4)5)22(28)24-10-7-11-31-17-8-9-19(26(29)30)18(14-17)21-32-12-13-33-21;1-12(2)16(19)5-3-4-8-22-13-6-7-15(18(20)21)14(11-13)17-23-9-10-24-17;1-4-5(7)6(2)3/h8-9,14,16,21H,6-7,10-13,15H2,1-5H3,(H,24,28);6-7,11,17H,1,3-5,8-10H2,2H3;4H,1H2,2-3H3. The smallest absolute Gasteiger partial charge is 0.277 e. The van der Waals surface area contributed by atoms with Gasteiger partial charge in [0.05, 0.1) is 60.6 Å². The van der Waals surface area contributed by atoms with Crippen molar-refractivity contribution in [1.82, 2.24) is 15.1 Å². The van der Waals surface area contributed by atoms with Gasteiger partial charge in [0.15, 0.2) is 18.4 Å². The molecule has 2 aliphatic heterocycles. The van der Waals surface area contributed by atoms with E-state index in [-0.39, 0.29) is 40.8 Å². The minimum Gasteiger partial charge on any atom is -0.494 e. The first kappa shape index (κ1) is 54.4. The number of carbonyl (C=O) groups is 4. The molecule has 354 valence electrons. The van der Waals surface area contributed by atoms with E-state index in [1.165, 1.54) is 29.2 Å². The minimum absolute atomic E-state index is 0.00625. The molecule has 0 saturated carbocycles. The van der Waals surface area contributed by atoms with Gasteiger partial charge in [-0.25, -0.2) is 0 Å². The SMILES string of the molecule is C=C(C)C(=O)CCCCOc1ccc([N+](=O)[O-])c(C2OCCO2)c1.C=CC(=O)N(C)C.CCC(C)(CC(C)C(=O)N(C)C)C(=O)NCCCOc1ccc([N+](=O)[O-])c(C2OCCO2)c1. The second kappa shape index (κ2) is 27.4. The highest BCUT2D eigenvalue weighted by molar-refractivity contribution is 5.94. The number of nitro groups is 2. The number of benzene rings is 2. The number of rotatable bonds is 22. The number of nitrogens with zero attached hydrogens (tertiary/aromatic N) is 4. The van der Waals surface area contributed by atoms with Gasteiger partial charge in [-0.1, -0.05) is 33.9 Å². The zero-order valence-corrected chi connectivity index (χ0v) is 38.4. The van der Waals surface area contributed by atoms with Crippen LogP contribution in [0.4, 0.5) is 11.4 Å². The van der Waals surface area contributed by atoms with Crippen molar-refractivity contribution < 1.29 is 57.4 Å². The Balaban J connectivity index is 0.000000396. The molecule has 2 heterocycles. The summed E-state index contributed by atoms with van der Waals surface area (Å²) in [6.07, 6.45) is 3.29. The average molecular weight is 900 g/mol. The number of amides is 3. The van der Waals surface area contributed by atoms with Crippen molar-refractivity contribution in [2.45, 2.75) is 78.8 Å². The predicted molar refractivity (Wildman–Crippen MR) is 238 cm³/mol. The Morgan fingerprint density at radius 1 is 0.844 bits per heavy atom. The molecule has 19 heteroatoms. The molecule has 4 rings (SSSR count). The normalized spacial score (nSPS) is 14.9. The number of unbranched alkanes of at least 4 members (excludes halogenated alkanes) is 1. The lowest BCUT2D eigenvalue weighted by Gasteiger charge is -2.30. The minimum atomic E-state index is -0.776. The lowest BCUT2D eigenvalue weighted by molar-refractivity contribution is -0.386. The molecule has 2 unspecified atom stereocenters. The topological polar surface area (TPSA) is 228 Å². The highest BCUT2D eigenvalue weighted by Crippen LogP contribution is 2.36. The van der Waals surface area contributed by atoms with E-state index in [4.69, 9.17) is 28.4 Å².